The number of likely N-dealkylation sites (tertiary alicyclic amines) is 1. The van der Waals surface area contributed by atoms with Crippen LogP contribution in [-0.4, -0.2) is 77.6 Å². The van der Waals surface area contributed by atoms with E-state index >= 15 is 0 Å². The second-order valence-corrected chi connectivity index (χ2v) is 9.90. The van der Waals surface area contributed by atoms with Crippen molar-refractivity contribution in [3.63, 3.8) is 0 Å². The van der Waals surface area contributed by atoms with Gasteiger partial charge in [-0.3, -0.25) is 9.59 Å². The third kappa shape index (κ3) is 5.91. The highest BCUT2D eigenvalue weighted by molar-refractivity contribution is 7.13. The van der Waals surface area contributed by atoms with E-state index in [1.807, 2.05) is 7.05 Å². The second-order valence-electron chi connectivity index (χ2n) is 8.82. The van der Waals surface area contributed by atoms with Gasteiger partial charge in [-0.05, 0) is 40.7 Å². The summed E-state index contributed by atoms with van der Waals surface area (Å²) < 4.78 is 5.25. The number of aromatic nitrogens is 1. The molecule has 0 bridgehead atoms. The number of rotatable bonds is 5. The number of hydrogen-bond donors (Lipinski definition) is 2. The molecule has 0 spiro atoms. The molecule has 0 aromatic carbocycles. The molecule has 1 atom stereocenters. The van der Waals surface area contributed by atoms with Crippen LogP contribution in [0.15, 0.2) is 0 Å². The SMILES string of the molecule is CN1CCc2nc(C(=O)NC(CNC(=O)OC(C)(C)C)C(=O)N3CCCC3)sc2C1. The van der Waals surface area contributed by atoms with Crippen LogP contribution in [0.4, 0.5) is 4.79 Å². The van der Waals surface area contributed by atoms with Crippen molar-refractivity contribution in [2.75, 3.05) is 33.2 Å². The fraction of sp³-hybridized carbons (Fsp3) is 0.700. The van der Waals surface area contributed by atoms with Crippen molar-refractivity contribution in [2.24, 2.45) is 0 Å². The summed E-state index contributed by atoms with van der Waals surface area (Å²) in [6, 6.07) is -0.869. The number of nitrogens with one attached hydrogen (secondary N) is 2. The Bertz CT molecular complexity index is 798. The van der Waals surface area contributed by atoms with Gasteiger partial charge in [0.05, 0.1) is 12.2 Å². The van der Waals surface area contributed by atoms with Gasteiger partial charge < -0.3 is 25.2 Å². The molecule has 0 radical (unpaired) electrons. The molecule has 2 aliphatic rings. The molecule has 2 aliphatic heterocycles. The molecule has 10 heteroatoms. The van der Waals surface area contributed by atoms with E-state index in [2.05, 4.69) is 20.5 Å². The van der Waals surface area contributed by atoms with Crippen molar-refractivity contribution in [3.8, 4) is 0 Å². The van der Waals surface area contributed by atoms with Gasteiger partial charge >= 0.3 is 6.09 Å². The number of alkyl carbamates (subject to hydrolysis) is 1. The summed E-state index contributed by atoms with van der Waals surface area (Å²) >= 11 is 1.36. The van der Waals surface area contributed by atoms with Gasteiger partial charge in [0, 0.05) is 37.5 Å². The maximum atomic E-state index is 12.9. The standard InChI is InChI=1S/C20H31N5O4S/c1-20(2,3)29-19(28)21-11-14(18(27)25-8-5-6-9-25)22-16(26)17-23-13-7-10-24(4)12-15(13)30-17/h14H,5-12H2,1-4H3,(H,21,28)(H,22,26). The maximum Gasteiger partial charge on any atom is 0.407 e. The van der Waals surface area contributed by atoms with E-state index in [1.165, 1.54) is 11.3 Å². The molecule has 1 aromatic heterocycles. The predicted molar refractivity (Wildman–Crippen MR) is 113 cm³/mol. The average molecular weight is 438 g/mol. The van der Waals surface area contributed by atoms with Gasteiger partial charge in [0.15, 0.2) is 5.01 Å². The first-order valence-electron chi connectivity index (χ1n) is 10.4. The Morgan fingerprint density at radius 3 is 2.57 bits per heavy atom. The fourth-order valence-electron chi connectivity index (χ4n) is 3.50. The van der Waals surface area contributed by atoms with Crippen LogP contribution in [0.1, 0.15) is 54.0 Å². The van der Waals surface area contributed by atoms with Gasteiger partial charge in [0.25, 0.3) is 5.91 Å². The monoisotopic (exact) mass is 437 g/mol. The van der Waals surface area contributed by atoms with Gasteiger partial charge in [0.2, 0.25) is 5.91 Å². The Balaban J connectivity index is 1.67. The summed E-state index contributed by atoms with van der Waals surface area (Å²) in [6.45, 7) is 8.27. The normalized spacial score (nSPS) is 17.9. The van der Waals surface area contributed by atoms with E-state index in [0.717, 1.165) is 42.9 Å². The van der Waals surface area contributed by atoms with E-state index < -0.39 is 17.7 Å². The van der Waals surface area contributed by atoms with Crippen LogP contribution in [0, 0.1) is 0 Å². The summed E-state index contributed by atoms with van der Waals surface area (Å²) in [7, 11) is 2.04. The number of carbonyl (C=O) groups is 3. The van der Waals surface area contributed by atoms with Crippen molar-refractivity contribution in [2.45, 2.75) is 58.2 Å². The zero-order chi connectivity index (χ0) is 21.9. The third-order valence-corrected chi connectivity index (χ3v) is 6.07. The molecule has 0 aliphatic carbocycles. The van der Waals surface area contributed by atoms with Gasteiger partial charge in [0.1, 0.15) is 11.6 Å². The van der Waals surface area contributed by atoms with Crippen LogP contribution in [-0.2, 0) is 22.5 Å². The van der Waals surface area contributed by atoms with Crippen molar-refractivity contribution >= 4 is 29.2 Å². The molecule has 166 valence electrons. The van der Waals surface area contributed by atoms with Crippen LogP contribution < -0.4 is 10.6 Å². The van der Waals surface area contributed by atoms with Crippen molar-refractivity contribution in [1.82, 2.24) is 25.4 Å². The first kappa shape index (κ1) is 22.5. The summed E-state index contributed by atoms with van der Waals surface area (Å²) in [4.78, 5) is 47.3. The average Bonchev–Trinajstić information content (AvgIpc) is 3.32. The number of likely N-dealkylation sites (N-methyl/N-ethyl adjacent to an activating group) is 1. The van der Waals surface area contributed by atoms with Gasteiger partial charge in [-0.1, -0.05) is 0 Å². The Hall–Kier alpha value is -2.20. The number of nitrogens with zero attached hydrogens (tertiary/aromatic N) is 3. The lowest BCUT2D eigenvalue weighted by Crippen LogP contribution is -2.53. The number of thiazole rings is 1. The molecule has 3 heterocycles. The van der Waals surface area contributed by atoms with Crippen molar-refractivity contribution in [3.05, 3.63) is 15.6 Å². The lowest BCUT2D eigenvalue weighted by atomic mass is 10.2. The quantitative estimate of drug-likeness (QED) is 0.721. The first-order valence-corrected chi connectivity index (χ1v) is 11.2. The van der Waals surface area contributed by atoms with Crippen molar-refractivity contribution in [1.29, 1.82) is 0 Å². The topological polar surface area (TPSA) is 104 Å². The van der Waals surface area contributed by atoms with Crippen LogP contribution in [0.2, 0.25) is 0 Å². The highest BCUT2D eigenvalue weighted by atomic mass is 32.1. The minimum atomic E-state index is -0.869. The Morgan fingerprint density at radius 2 is 1.90 bits per heavy atom. The minimum absolute atomic E-state index is 0.0379. The molecule has 1 aromatic rings. The van der Waals surface area contributed by atoms with Crippen LogP contribution in [0.5, 0.6) is 0 Å². The molecule has 3 amide bonds. The Morgan fingerprint density at radius 1 is 1.20 bits per heavy atom. The molecule has 1 fully saturated rings. The highest BCUT2D eigenvalue weighted by Crippen LogP contribution is 2.24. The van der Waals surface area contributed by atoms with E-state index in [9.17, 15) is 14.4 Å². The molecular formula is C20H31N5O4S. The van der Waals surface area contributed by atoms with Crippen molar-refractivity contribution < 1.29 is 19.1 Å². The molecule has 30 heavy (non-hydrogen) atoms. The first-order chi connectivity index (χ1) is 14.1. The maximum absolute atomic E-state index is 12.9. The van der Waals surface area contributed by atoms with E-state index in [-0.39, 0.29) is 18.4 Å². The molecular weight excluding hydrogens is 406 g/mol. The van der Waals surface area contributed by atoms with Gasteiger partial charge in [-0.15, -0.1) is 11.3 Å². The number of ether oxygens (including phenoxy) is 1. The number of fused-ring (bicyclic) bond motifs is 1. The molecule has 1 unspecified atom stereocenters. The van der Waals surface area contributed by atoms with E-state index in [1.54, 1.807) is 25.7 Å². The third-order valence-electron chi connectivity index (χ3n) is 4.99. The van der Waals surface area contributed by atoms with Crippen LogP contribution in [0.25, 0.3) is 0 Å². The lowest BCUT2D eigenvalue weighted by Gasteiger charge is -2.25. The van der Waals surface area contributed by atoms with Crippen LogP contribution >= 0.6 is 11.3 Å². The molecule has 1 saturated heterocycles. The second kappa shape index (κ2) is 9.30. The van der Waals surface area contributed by atoms with E-state index in [0.29, 0.717) is 18.1 Å². The fourth-order valence-corrected chi connectivity index (χ4v) is 4.59. The Kier molecular flexibility index (Phi) is 6.97. The number of carbonyl (C=O) groups excluding carboxylic acids is 3. The highest BCUT2D eigenvalue weighted by Gasteiger charge is 2.30. The summed E-state index contributed by atoms with van der Waals surface area (Å²) in [5.74, 6) is -0.585. The molecule has 2 N–H and O–H groups in total. The number of hydrogen-bond acceptors (Lipinski definition) is 7. The summed E-state index contributed by atoms with van der Waals surface area (Å²) in [5, 5.41) is 5.74. The van der Waals surface area contributed by atoms with E-state index in [4.69, 9.17) is 4.74 Å². The molecule has 9 nitrogen and oxygen atoms in total. The minimum Gasteiger partial charge on any atom is -0.444 e. The molecule has 0 saturated carbocycles. The Labute approximate surface area is 181 Å². The van der Waals surface area contributed by atoms with Crippen LogP contribution in [0.3, 0.4) is 0 Å². The smallest absolute Gasteiger partial charge is 0.407 e. The van der Waals surface area contributed by atoms with Gasteiger partial charge in [-0.25, -0.2) is 9.78 Å². The summed E-state index contributed by atoms with van der Waals surface area (Å²) in [6.07, 6.45) is 2.08. The number of amides is 3. The molecule has 3 rings (SSSR count). The zero-order valence-electron chi connectivity index (χ0n) is 18.1. The largest absolute Gasteiger partial charge is 0.444 e. The predicted octanol–water partition coefficient (Wildman–Crippen LogP) is 1.38. The lowest BCUT2D eigenvalue weighted by molar-refractivity contribution is -0.132. The zero-order valence-corrected chi connectivity index (χ0v) is 18.9. The summed E-state index contributed by atoms with van der Waals surface area (Å²) in [5.41, 5.74) is 0.312. The van der Waals surface area contributed by atoms with Gasteiger partial charge in [-0.2, -0.15) is 0 Å².